The molecule has 2 aromatic rings. The lowest BCUT2D eigenvalue weighted by Crippen LogP contribution is -2.03. The van der Waals surface area contributed by atoms with E-state index in [1.165, 1.54) is 11.3 Å². The van der Waals surface area contributed by atoms with Crippen LogP contribution >= 0.6 is 0 Å². The monoisotopic (exact) mass is 204 g/mol. The lowest BCUT2D eigenvalue weighted by atomic mass is 10.3. The zero-order valence-corrected chi connectivity index (χ0v) is 9.44. The smallest absolute Gasteiger partial charge is 0.0693 e. The Kier molecular flexibility index (Phi) is 2.58. The molecule has 0 radical (unpaired) electrons. The van der Waals surface area contributed by atoms with E-state index in [2.05, 4.69) is 36.3 Å². The van der Waals surface area contributed by atoms with Crippen molar-refractivity contribution in [3.8, 4) is 0 Å². The van der Waals surface area contributed by atoms with E-state index in [4.69, 9.17) is 0 Å². The predicted octanol–water partition coefficient (Wildman–Crippen LogP) is 1.76. The maximum atomic E-state index is 4.42. The van der Waals surface area contributed by atoms with E-state index in [1.807, 2.05) is 22.5 Å². The van der Waals surface area contributed by atoms with Gasteiger partial charge in [-0.2, -0.15) is 10.2 Å². The fourth-order valence-electron chi connectivity index (χ4n) is 1.67. The quantitative estimate of drug-likeness (QED) is 0.763. The van der Waals surface area contributed by atoms with Crippen molar-refractivity contribution >= 4 is 0 Å². The van der Waals surface area contributed by atoms with Gasteiger partial charge in [0, 0.05) is 24.0 Å². The molecule has 0 unspecified atom stereocenters. The second-order valence-corrected chi connectivity index (χ2v) is 3.79. The van der Waals surface area contributed by atoms with Gasteiger partial charge in [-0.05, 0) is 26.8 Å². The SMILES string of the molecule is CCn1cc(Cn2nc(C)cc2C)cn1. The Bertz CT molecular complexity index is 453. The van der Waals surface area contributed by atoms with E-state index >= 15 is 0 Å². The number of hydrogen-bond acceptors (Lipinski definition) is 2. The van der Waals surface area contributed by atoms with Gasteiger partial charge < -0.3 is 0 Å². The molecule has 0 saturated heterocycles. The first-order valence-corrected chi connectivity index (χ1v) is 5.21. The van der Waals surface area contributed by atoms with Crippen LogP contribution in [0.5, 0.6) is 0 Å². The van der Waals surface area contributed by atoms with Gasteiger partial charge in [0.1, 0.15) is 0 Å². The first-order chi connectivity index (χ1) is 7.19. The molecular weight excluding hydrogens is 188 g/mol. The molecule has 0 aliphatic carbocycles. The highest BCUT2D eigenvalue weighted by Gasteiger charge is 2.03. The molecule has 0 fully saturated rings. The highest BCUT2D eigenvalue weighted by molar-refractivity contribution is 5.11. The summed E-state index contributed by atoms with van der Waals surface area (Å²) in [6.45, 7) is 7.89. The Morgan fingerprint density at radius 1 is 1.33 bits per heavy atom. The molecule has 4 nitrogen and oxygen atoms in total. The van der Waals surface area contributed by atoms with E-state index in [0.29, 0.717) is 0 Å². The molecular formula is C11H16N4. The lowest BCUT2D eigenvalue weighted by molar-refractivity contribution is 0.647. The summed E-state index contributed by atoms with van der Waals surface area (Å²) in [4.78, 5) is 0. The zero-order valence-electron chi connectivity index (χ0n) is 9.44. The van der Waals surface area contributed by atoms with Gasteiger partial charge in [-0.15, -0.1) is 0 Å². The molecule has 2 aromatic heterocycles. The molecule has 4 heteroatoms. The van der Waals surface area contributed by atoms with Crippen molar-refractivity contribution in [2.24, 2.45) is 0 Å². The molecule has 2 rings (SSSR count). The Balaban J connectivity index is 2.17. The summed E-state index contributed by atoms with van der Waals surface area (Å²) in [5, 5.41) is 8.66. The van der Waals surface area contributed by atoms with Gasteiger partial charge in [0.2, 0.25) is 0 Å². The van der Waals surface area contributed by atoms with Crippen molar-refractivity contribution in [2.45, 2.75) is 33.9 Å². The molecule has 0 N–H and O–H groups in total. The minimum Gasteiger partial charge on any atom is -0.273 e. The summed E-state index contributed by atoms with van der Waals surface area (Å²) < 4.78 is 3.94. The van der Waals surface area contributed by atoms with Crippen molar-refractivity contribution in [2.75, 3.05) is 0 Å². The molecule has 0 aliphatic rings. The fraction of sp³-hybridized carbons (Fsp3) is 0.455. The van der Waals surface area contributed by atoms with Crippen molar-refractivity contribution in [1.29, 1.82) is 0 Å². The van der Waals surface area contributed by atoms with Crippen LogP contribution in [0, 0.1) is 13.8 Å². The summed E-state index contributed by atoms with van der Waals surface area (Å²) in [6, 6.07) is 2.09. The first kappa shape index (κ1) is 9.96. The van der Waals surface area contributed by atoms with Crippen LogP contribution in [0.4, 0.5) is 0 Å². The van der Waals surface area contributed by atoms with E-state index in [0.717, 1.165) is 18.8 Å². The maximum absolute atomic E-state index is 4.42. The fourth-order valence-corrected chi connectivity index (χ4v) is 1.67. The molecule has 0 aromatic carbocycles. The largest absolute Gasteiger partial charge is 0.273 e. The summed E-state index contributed by atoms with van der Waals surface area (Å²) in [5.41, 5.74) is 3.45. The average Bonchev–Trinajstić information content (AvgIpc) is 2.75. The highest BCUT2D eigenvalue weighted by atomic mass is 15.3. The molecule has 0 atom stereocenters. The van der Waals surface area contributed by atoms with Gasteiger partial charge in [-0.1, -0.05) is 0 Å². The van der Waals surface area contributed by atoms with Crippen LogP contribution in [0.3, 0.4) is 0 Å². The third-order valence-electron chi connectivity index (χ3n) is 2.45. The van der Waals surface area contributed by atoms with Gasteiger partial charge in [0.15, 0.2) is 0 Å². The summed E-state index contributed by atoms with van der Waals surface area (Å²) in [7, 11) is 0. The third-order valence-corrected chi connectivity index (χ3v) is 2.45. The van der Waals surface area contributed by atoms with Crippen LogP contribution < -0.4 is 0 Å². The Morgan fingerprint density at radius 3 is 2.67 bits per heavy atom. The van der Waals surface area contributed by atoms with E-state index in [-0.39, 0.29) is 0 Å². The molecule has 80 valence electrons. The van der Waals surface area contributed by atoms with Crippen molar-refractivity contribution in [1.82, 2.24) is 19.6 Å². The van der Waals surface area contributed by atoms with Gasteiger partial charge in [-0.25, -0.2) is 0 Å². The Morgan fingerprint density at radius 2 is 2.13 bits per heavy atom. The molecule has 0 aliphatic heterocycles. The second-order valence-electron chi connectivity index (χ2n) is 3.79. The first-order valence-electron chi connectivity index (χ1n) is 5.21. The van der Waals surface area contributed by atoms with Crippen LogP contribution in [0.1, 0.15) is 23.9 Å². The Hall–Kier alpha value is -1.58. The number of aryl methyl sites for hydroxylation is 3. The molecule has 0 spiro atoms. The van der Waals surface area contributed by atoms with Gasteiger partial charge >= 0.3 is 0 Å². The molecule has 15 heavy (non-hydrogen) atoms. The summed E-state index contributed by atoms with van der Waals surface area (Å²) in [6.07, 6.45) is 3.97. The van der Waals surface area contributed by atoms with Crippen LogP contribution in [-0.2, 0) is 13.1 Å². The van der Waals surface area contributed by atoms with Crippen LogP contribution in [0.25, 0.3) is 0 Å². The summed E-state index contributed by atoms with van der Waals surface area (Å²) in [5.74, 6) is 0. The molecule has 0 bridgehead atoms. The van der Waals surface area contributed by atoms with Gasteiger partial charge in [0.25, 0.3) is 0 Å². The van der Waals surface area contributed by atoms with Crippen molar-refractivity contribution in [3.05, 3.63) is 35.4 Å². The lowest BCUT2D eigenvalue weighted by Gasteiger charge is -2.00. The highest BCUT2D eigenvalue weighted by Crippen LogP contribution is 2.06. The van der Waals surface area contributed by atoms with Crippen molar-refractivity contribution in [3.63, 3.8) is 0 Å². The molecule has 0 saturated carbocycles. The third kappa shape index (κ3) is 2.09. The van der Waals surface area contributed by atoms with E-state index in [1.54, 1.807) is 0 Å². The van der Waals surface area contributed by atoms with E-state index in [9.17, 15) is 0 Å². The average molecular weight is 204 g/mol. The maximum Gasteiger partial charge on any atom is 0.0693 e. The Labute approximate surface area is 89.5 Å². The summed E-state index contributed by atoms with van der Waals surface area (Å²) >= 11 is 0. The van der Waals surface area contributed by atoms with Crippen LogP contribution in [-0.4, -0.2) is 19.6 Å². The van der Waals surface area contributed by atoms with Crippen LogP contribution in [0.2, 0.25) is 0 Å². The number of nitrogens with zero attached hydrogens (tertiary/aromatic N) is 4. The zero-order chi connectivity index (χ0) is 10.8. The normalized spacial score (nSPS) is 10.9. The number of aromatic nitrogens is 4. The predicted molar refractivity (Wildman–Crippen MR) is 58.7 cm³/mol. The number of rotatable bonds is 3. The topological polar surface area (TPSA) is 35.6 Å². The van der Waals surface area contributed by atoms with Crippen LogP contribution in [0.15, 0.2) is 18.5 Å². The van der Waals surface area contributed by atoms with E-state index < -0.39 is 0 Å². The van der Waals surface area contributed by atoms with Gasteiger partial charge in [0.05, 0.1) is 18.4 Å². The van der Waals surface area contributed by atoms with Crippen molar-refractivity contribution < 1.29 is 0 Å². The minimum atomic E-state index is 0.805. The molecule has 0 amide bonds. The standard InChI is InChI=1S/C11H16N4/c1-4-14-7-11(6-12-14)8-15-10(3)5-9(2)13-15/h5-7H,4,8H2,1-3H3. The molecule has 2 heterocycles. The minimum absolute atomic E-state index is 0.805. The second kappa shape index (κ2) is 3.88. The number of hydrogen-bond donors (Lipinski definition) is 0. The van der Waals surface area contributed by atoms with Gasteiger partial charge in [-0.3, -0.25) is 9.36 Å².